The van der Waals surface area contributed by atoms with Crippen LogP contribution < -0.4 is 5.43 Å². The number of rotatable bonds is 3. The number of nitrogens with zero attached hydrogens (tertiary/aromatic N) is 1. The van der Waals surface area contributed by atoms with Crippen molar-refractivity contribution in [3.63, 3.8) is 0 Å². The molecule has 3 aromatic rings. The number of carbonyl (C=O) groups excluding carboxylic acids is 1. The third-order valence-electron chi connectivity index (χ3n) is 3.50. The molecule has 2 N–H and O–H groups in total. The number of nitrogens with one attached hydrogen (secondary N) is 1. The minimum atomic E-state index is -0.609. The molecule has 0 unspecified atom stereocenters. The van der Waals surface area contributed by atoms with Gasteiger partial charge in [-0.05, 0) is 23.6 Å². The number of amides is 1. The Morgan fingerprint density at radius 2 is 1.92 bits per heavy atom. The van der Waals surface area contributed by atoms with E-state index in [0.29, 0.717) is 5.39 Å². The van der Waals surface area contributed by atoms with Gasteiger partial charge < -0.3 is 5.11 Å². The van der Waals surface area contributed by atoms with E-state index >= 15 is 0 Å². The van der Waals surface area contributed by atoms with E-state index in [4.69, 9.17) is 11.6 Å². The summed E-state index contributed by atoms with van der Waals surface area (Å²) in [6.45, 7) is 0. The number of aromatic hydroxyl groups is 1. The monoisotopic (exact) mass is 342 g/mol. The molecule has 3 aromatic carbocycles. The molecule has 0 aromatic heterocycles. The van der Waals surface area contributed by atoms with Crippen LogP contribution in [0.25, 0.3) is 10.8 Å². The van der Waals surface area contributed by atoms with Crippen LogP contribution in [-0.4, -0.2) is 17.2 Å². The number of hydrazone groups is 1. The fraction of sp³-hybridized carbons (Fsp3) is 0. The van der Waals surface area contributed by atoms with Crippen molar-refractivity contribution in [3.05, 3.63) is 76.6 Å². The van der Waals surface area contributed by atoms with E-state index in [1.165, 1.54) is 24.3 Å². The summed E-state index contributed by atoms with van der Waals surface area (Å²) in [7, 11) is 0. The Hall–Kier alpha value is -2.92. The molecule has 0 atom stereocenters. The molecule has 0 spiro atoms. The van der Waals surface area contributed by atoms with Crippen LogP contribution in [-0.2, 0) is 0 Å². The smallest absolute Gasteiger partial charge is 0.275 e. The number of hydrogen-bond acceptors (Lipinski definition) is 3. The lowest BCUT2D eigenvalue weighted by atomic mass is 10.1. The predicted octanol–water partition coefficient (Wildman–Crippen LogP) is 4.10. The van der Waals surface area contributed by atoms with Crippen LogP contribution in [0.5, 0.6) is 5.75 Å². The lowest BCUT2D eigenvalue weighted by molar-refractivity contribution is 0.0952. The van der Waals surface area contributed by atoms with E-state index in [-0.39, 0.29) is 21.9 Å². The van der Waals surface area contributed by atoms with Gasteiger partial charge in [0.2, 0.25) is 0 Å². The Labute approximate surface area is 142 Å². The molecule has 0 heterocycles. The third kappa shape index (κ3) is 3.07. The van der Waals surface area contributed by atoms with Crippen LogP contribution in [0.1, 0.15) is 15.9 Å². The van der Waals surface area contributed by atoms with Crippen LogP contribution in [0.15, 0.2) is 59.7 Å². The molecule has 4 nitrogen and oxygen atoms in total. The second-order valence-corrected chi connectivity index (χ2v) is 5.42. The predicted molar refractivity (Wildman–Crippen MR) is 92.1 cm³/mol. The quantitative estimate of drug-likeness (QED) is 0.556. The fourth-order valence-electron chi connectivity index (χ4n) is 2.29. The third-order valence-corrected chi connectivity index (χ3v) is 3.83. The highest BCUT2D eigenvalue weighted by Gasteiger charge is 2.13. The first kappa shape index (κ1) is 16.0. The zero-order valence-corrected chi connectivity index (χ0v) is 13.1. The molecule has 0 aliphatic heterocycles. The molecular weight excluding hydrogens is 331 g/mol. The molecule has 0 bridgehead atoms. The lowest BCUT2D eigenvalue weighted by Crippen LogP contribution is -2.18. The summed E-state index contributed by atoms with van der Waals surface area (Å²) in [6.07, 6.45) is 1.12. The highest BCUT2D eigenvalue weighted by atomic mass is 35.5. The Bertz CT molecular complexity index is 937. The van der Waals surface area contributed by atoms with Crippen molar-refractivity contribution >= 4 is 34.5 Å². The van der Waals surface area contributed by atoms with Gasteiger partial charge in [-0.25, -0.2) is 9.82 Å². The number of fused-ring (bicyclic) bond motifs is 1. The van der Waals surface area contributed by atoms with E-state index in [2.05, 4.69) is 10.5 Å². The van der Waals surface area contributed by atoms with Crippen LogP contribution in [0.4, 0.5) is 4.39 Å². The summed E-state index contributed by atoms with van der Waals surface area (Å²) in [5, 5.41) is 15.5. The van der Waals surface area contributed by atoms with Crippen LogP contribution in [0, 0.1) is 5.82 Å². The average molecular weight is 343 g/mol. The molecule has 0 radical (unpaired) electrons. The molecule has 3 rings (SSSR count). The van der Waals surface area contributed by atoms with Crippen molar-refractivity contribution in [1.82, 2.24) is 5.43 Å². The molecule has 0 aliphatic rings. The largest absolute Gasteiger partial charge is 0.506 e. The normalized spacial score (nSPS) is 11.1. The molecule has 0 aliphatic carbocycles. The van der Waals surface area contributed by atoms with Crippen LogP contribution in [0.2, 0.25) is 5.02 Å². The van der Waals surface area contributed by atoms with E-state index < -0.39 is 11.7 Å². The number of carbonyl (C=O) groups is 1. The molecule has 0 saturated heterocycles. The van der Waals surface area contributed by atoms with Gasteiger partial charge >= 0.3 is 0 Å². The second kappa shape index (κ2) is 6.68. The van der Waals surface area contributed by atoms with Gasteiger partial charge in [0.15, 0.2) is 0 Å². The standard InChI is InChI=1S/C18H12ClFN2O2/c19-15-6-3-7-16(20)14(15)10-21-22-18(24)13-9-8-11-4-1-2-5-12(11)17(13)23/h1-10,23H,(H,22,24). The molecule has 120 valence electrons. The number of halogens is 2. The van der Waals surface area contributed by atoms with Gasteiger partial charge in [-0.2, -0.15) is 5.10 Å². The van der Waals surface area contributed by atoms with Crippen LogP contribution in [0.3, 0.4) is 0 Å². The van der Waals surface area contributed by atoms with E-state index in [1.54, 1.807) is 18.2 Å². The minimum absolute atomic E-state index is 0.0715. The summed E-state index contributed by atoms with van der Waals surface area (Å²) in [6, 6.07) is 14.6. The summed E-state index contributed by atoms with van der Waals surface area (Å²) < 4.78 is 13.6. The van der Waals surface area contributed by atoms with Gasteiger partial charge in [-0.3, -0.25) is 4.79 Å². The van der Waals surface area contributed by atoms with Crippen molar-refractivity contribution in [1.29, 1.82) is 0 Å². The highest BCUT2D eigenvalue weighted by Crippen LogP contribution is 2.28. The molecule has 24 heavy (non-hydrogen) atoms. The first-order valence-electron chi connectivity index (χ1n) is 7.06. The first-order chi connectivity index (χ1) is 11.6. The molecular formula is C18H12ClFN2O2. The van der Waals surface area contributed by atoms with E-state index in [9.17, 15) is 14.3 Å². The molecule has 1 amide bonds. The molecule has 6 heteroatoms. The number of benzene rings is 3. The second-order valence-electron chi connectivity index (χ2n) is 5.02. The van der Waals surface area contributed by atoms with Gasteiger partial charge in [-0.15, -0.1) is 0 Å². The van der Waals surface area contributed by atoms with Gasteiger partial charge in [0, 0.05) is 10.9 Å². The summed E-state index contributed by atoms with van der Waals surface area (Å²) >= 11 is 5.87. The first-order valence-corrected chi connectivity index (χ1v) is 7.44. The summed E-state index contributed by atoms with van der Waals surface area (Å²) in [5.41, 5.74) is 2.40. The fourth-order valence-corrected chi connectivity index (χ4v) is 2.50. The van der Waals surface area contributed by atoms with Gasteiger partial charge in [-0.1, -0.05) is 48.0 Å². The van der Waals surface area contributed by atoms with Crippen molar-refractivity contribution < 1.29 is 14.3 Å². The van der Waals surface area contributed by atoms with Gasteiger partial charge in [0.05, 0.1) is 16.8 Å². The molecule has 0 fully saturated rings. The zero-order chi connectivity index (χ0) is 17.1. The topological polar surface area (TPSA) is 61.7 Å². The van der Waals surface area contributed by atoms with Crippen molar-refractivity contribution in [2.24, 2.45) is 5.10 Å². The van der Waals surface area contributed by atoms with Crippen LogP contribution >= 0.6 is 11.6 Å². The summed E-state index contributed by atoms with van der Waals surface area (Å²) in [5.74, 6) is -1.29. The van der Waals surface area contributed by atoms with Crippen molar-refractivity contribution in [2.45, 2.75) is 0 Å². The van der Waals surface area contributed by atoms with Crippen molar-refractivity contribution in [3.8, 4) is 5.75 Å². The summed E-state index contributed by atoms with van der Waals surface area (Å²) in [4.78, 5) is 12.2. The van der Waals surface area contributed by atoms with Gasteiger partial charge in [0.25, 0.3) is 5.91 Å². The maximum Gasteiger partial charge on any atom is 0.275 e. The van der Waals surface area contributed by atoms with E-state index in [1.807, 2.05) is 12.1 Å². The highest BCUT2D eigenvalue weighted by molar-refractivity contribution is 6.33. The Balaban J connectivity index is 1.83. The lowest BCUT2D eigenvalue weighted by Gasteiger charge is -2.06. The van der Waals surface area contributed by atoms with E-state index in [0.717, 1.165) is 11.6 Å². The average Bonchev–Trinajstić information content (AvgIpc) is 2.58. The minimum Gasteiger partial charge on any atom is -0.506 e. The molecule has 0 saturated carbocycles. The SMILES string of the molecule is O=C(NN=Cc1c(F)cccc1Cl)c1ccc2ccccc2c1O. The zero-order valence-electron chi connectivity index (χ0n) is 12.3. The maximum absolute atomic E-state index is 13.6. The number of hydrogen-bond donors (Lipinski definition) is 2. The number of phenols is 1. The van der Waals surface area contributed by atoms with Gasteiger partial charge in [0.1, 0.15) is 11.6 Å². The van der Waals surface area contributed by atoms with Crippen molar-refractivity contribution in [2.75, 3.05) is 0 Å². The maximum atomic E-state index is 13.6. The number of phenolic OH excluding ortho intramolecular Hbond substituents is 1. The Morgan fingerprint density at radius 3 is 2.71 bits per heavy atom. The Morgan fingerprint density at radius 1 is 1.12 bits per heavy atom. The Kier molecular flexibility index (Phi) is 4.44.